The molecule has 1 amide bonds. The molecule has 2 atom stereocenters. The van der Waals surface area contributed by atoms with E-state index in [0.29, 0.717) is 18.9 Å². The van der Waals surface area contributed by atoms with Crippen LogP contribution >= 0.6 is 24.8 Å². The average molecular weight is 378 g/mol. The number of ether oxygens (including phenoxy) is 1. The first kappa shape index (κ1) is 23.1. The van der Waals surface area contributed by atoms with Crippen molar-refractivity contribution in [1.29, 1.82) is 0 Å². The van der Waals surface area contributed by atoms with Gasteiger partial charge in [0.1, 0.15) is 0 Å². The van der Waals surface area contributed by atoms with Gasteiger partial charge in [0.15, 0.2) is 0 Å². The molecule has 7 heteroatoms. The largest absolute Gasteiger partial charge is 0.379 e. The molecule has 1 aromatic rings. The number of hydrogen-bond acceptors (Lipinski definition) is 4. The van der Waals surface area contributed by atoms with Crippen molar-refractivity contribution in [2.24, 2.45) is 5.73 Å². The number of nitrogens with one attached hydrogen (secondary N) is 1. The van der Waals surface area contributed by atoms with Gasteiger partial charge in [-0.1, -0.05) is 12.1 Å². The fraction of sp³-hybridized carbons (Fsp3) is 0.588. The predicted octanol–water partition coefficient (Wildman–Crippen LogP) is 2.99. The fourth-order valence-corrected chi connectivity index (χ4v) is 2.60. The Morgan fingerprint density at radius 2 is 1.79 bits per heavy atom. The van der Waals surface area contributed by atoms with Crippen LogP contribution in [0.4, 0.5) is 5.69 Å². The Bertz CT molecular complexity index is 477. The minimum atomic E-state index is 0. The van der Waals surface area contributed by atoms with E-state index in [1.165, 1.54) is 5.56 Å². The van der Waals surface area contributed by atoms with Crippen LogP contribution in [0.1, 0.15) is 38.3 Å². The topological polar surface area (TPSA) is 67.6 Å². The summed E-state index contributed by atoms with van der Waals surface area (Å²) in [6, 6.07) is 8.53. The Morgan fingerprint density at radius 1 is 1.21 bits per heavy atom. The van der Waals surface area contributed by atoms with Gasteiger partial charge in [0.05, 0.1) is 13.2 Å². The standard InChI is InChI=1S/C17H27N3O2.2ClH/c1-13(18)3-8-17(21)19-16-6-4-15(5-7-16)14(2)20-9-11-22-12-10-20;;/h4-7,13-14H,3,8-12,18H2,1-2H3,(H,19,21);2*1H. The zero-order valence-electron chi connectivity index (χ0n) is 14.4. The van der Waals surface area contributed by atoms with E-state index in [1.54, 1.807) is 0 Å². The maximum atomic E-state index is 11.8. The first-order valence-corrected chi connectivity index (χ1v) is 8.03. The number of carbonyl (C=O) groups is 1. The quantitative estimate of drug-likeness (QED) is 0.799. The number of rotatable bonds is 6. The molecule has 1 aliphatic rings. The van der Waals surface area contributed by atoms with Crippen LogP contribution in [0.5, 0.6) is 0 Å². The molecule has 1 aliphatic heterocycles. The van der Waals surface area contributed by atoms with Gasteiger partial charge in [-0.2, -0.15) is 0 Å². The van der Waals surface area contributed by atoms with E-state index in [2.05, 4.69) is 29.3 Å². The molecule has 2 rings (SSSR count). The van der Waals surface area contributed by atoms with Crippen molar-refractivity contribution in [3.8, 4) is 0 Å². The second-order valence-electron chi connectivity index (χ2n) is 6.01. The summed E-state index contributed by atoms with van der Waals surface area (Å²) >= 11 is 0. The average Bonchev–Trinajstić information content (AvgIpc) is 2.54. The first-order valence-electron chi connectivity index (χ1n) is 8.03. The lowest BCUT2D eigenvalue weighted by molar-refractivity contribution is -0.116. The number of nitrogens with zero attached hydrogens (tertiary/aromatic N) is 1. The van der Waals surface area contributed by atoms with Crippen molar-refractivity contribution in [1.82, 2.24) is 4.90 Å². The van der Waals surface area contributed by atoms with Crippen molar-refractivity contribution >= 4 is 36.4 Å². The monoisotopic (exact) mass is 377 g/mol. The second-order valence-corrected chi connectivity index (χ2v) is 6.01. The van der Waals surface area contributed by atoms with Crippen molar-refractivity contribution < 1.29 is 9.53 Å². The molecule has 138 valence electrons. The molecule has 0 aliphatic carbocycles. The van der Waals surface area contributed by atoms with Crippen LogP contribution in [0, 0.1) is 0 Å². The van der Waals surface area contributed by atoms with E-state index in [0.717, 1.165) is 32.0 Å². The normalized spacial score (nSPS) is 17.1. The van der Waals surface area contributed by atoms with Crippen LogP contribution in [-0.4, -0.2) is 43.2 Å². The van der Waals surface area contributed by atoms with Gasteiger partial charge in [0.25, 0.3) is 0 Å². The van der Waals surface area contributed by atoms with Gasteiger partial charge >= 0.3 is 0 Å². The van der Waals surface area contributed by atoms with Crippen molar-refractivity contribution in [3.05, 3.63) is 29.8 Å². The number of morpholine rings is 1. The summed E-state index contributed by atoms with van der Waals surface area (Å²) in [6.45, 7) is 7.67. The zero-order valence-corrected chi connectivity index (χ0v) is 16.0. The summed E-state index contributed by atoms with van der Waals surface area (Å²) in [5.74, 6) is 0.0197. The van der Waals surface area contributed by atoms with Gasteiger partial charge in [-0.25, -0.2) is 0 Å². The number of carbonyl (C=O) groups excluding carboxylic acids is 1. The Hall–Kier alpha value is -0.850. The van der Waals surface area contributed by atoms with Crippen LogP contribution in [0.2, 0.25) is 0 Å². The number of benzene rings is 1. The molecule has 0 saturated carbocycles. The van der Waals surface area contributed by atoms with Crippen LogP contribution in [0.25, 0.3) is 0 Å². The highest BCUT2D eigenvalue weighted by Gasteiger charge is 2.18. The van der Waals surface area contributed by atoms with Gasteiger partial charge in [-0.3, -0.25) is 9.69 Å². The third-order valence-electron chi connectivity index (χ3n) is 4.10. The van der Waals surface area contributed by atoms with Gasteiger partial charge < -0.3 is 15.8 Å². The number of anilines is 1. The van der Waals surface area contributed by atoms with Crippen LogP contribution in [0.3, 0.4) is 0 Å². The van der Waals surface area contributed by atoms with Gasteiger partial charge in [-0.05, 0) is 38.0 Å². The highest BCUT2D eigenvalue weighted by atomic mass is 35.5. The smallest absolute Gasteiger partial charge is 0.224 e. The fourth-order valence-electron chi connectivity index (χ4n) is 2.60. The molecule has 2 unspecified atom stereocenters. The maximum absolute atomic E-state index is 11.8. The Labute approximate surface area is 157 Å². The summed E-state index contributed by atoms with van der Waals surface area (Å²) in [5, 5.41) is 2.91. The molecule has 1 saturated heterocycles. The second kappa shape index (κ2) is 11.7. The highest BCUT2D eigenvalue weighted by Crippen LogP contribution is 2.22. The lowest BCUT2D eigenvalue weighted by Crippen LogP contribution is -2.37. The third-order valence-corrected chi connectivity index (χ3v) is 4.10. The molecule has 3 N–H and O–H groups in total. The number of halogens is 2. The van der Waals surface area contributed by atoms with Crippen LogP contribution in [-0.2, 0) is 9.53 Å². The van der Waals surface area contributed by atoms with Gasteiger partial charge in [-0.15, -0.1) is 24.8 Å². The SMILES string of the molecule is CC(N)CCC(=O)Nc1ccc(C(C)N2CCOCC2)cc1.Cl.Cl. The van der Waals surface area contributed by atoms with E-state index >= 15 is 0 Å². The molecular formula is C17H29Cl2N3O2. The summed E-state index contributed by atoms with van der Waals surface area (Å²) in [4.78, 5) is 14.2. The molecule has 1 heterocycles. The molecule has 0 spiro atoms. The Kier molecular flexibility index (Phi) is 11.2. The molecule has 1 fully saturated rings. The number of hydrogen-bond donors (Lipinski definition) is 2. The lowest BCUT2D eigenvalue weighted by atomic mass is 10.1. The summed E-state index contributed by atoms with van der Waals surface area (Å²) in [7, 11) is 0. The minimum absolute atomic E-state index is 0. The van der Waals surface area contributed by atoms with Crippen molar-refractivity contribution in [3.63, 3.8) is 0 Å². The van der Waals surface area contributed by atoms with Gasteiger partial charge in [0, 0.05) is 37.3 Å². The van der Waals surface area contributed by atoms with Crippen molar-refractivity contribution in [2.45, 2.75) is 38.8 Å². The first-order chi connectivity index (χ1) is 10.6. The molecule has 5 nitrogen and oxygen atoms in total. The zero-order chi connectivity index (χ0) is 15.9. The number of amides is 1. The molecule has 1 aromatic carbocycles. The Balaban J connectivity index is 0.00000264. The summed E-state index contributed by atoms with van der Waals surface area (Å²) < 4.78 is 5.39. The molecule has 24 heavy (non-hydrogen) atoms. The Morgan fingerprint density at radius 3 is 2.33 bits per heavy atom. The molecule has 0 bridgehead atoms. The van der Waals surface area contributed by atoms with Crippen molar-refractivity contribution in [2.75, 3.05) is 31.6 Å². The van der Waals surface area contributed by atoms with Crippen LogP contribution in [0.15, 0.2) is 24.3 Å². The minimum Gasteiger partial charge on any atom is -0.379 e. The van der Waals surface area contributed by atoms with E-state index in [9.17, 15) is 4.79 Å². The van der Waals surface area contributed by atoms with Gasteiger partial charge in [0.2, 0.25) is 5.91 Å². The third kappa shape index (κ3) is 7.36. The van der Waals surface area contributed by atoms with E-state index in [-0.39, 0.29) is 36.8 Å². The highest BCUT2D eigenvalue weighted by molar-refractivity contribution is 5.90. The maximum Gasteiger partial charge on any atom is 0.224 e. The summed E-state index contributed by atoms with van der Waals surface area (Å²) in [5.41, 5.74) is 7.76. The van der Waals surface area contributed by atoms with Crippen LogP contribution < -0.4 is 11.1 Å². The van der Waals surface area contributed by atoms with E-state index < -0.39 is 0 Å². The molecular weight excluding hydrogens is 349 g/mol. The molecule has 0 aromatic heterocycles. The number of nitrogens with two attached hydrogens (primary N) is 1. The molecule has 0 radical (unpaired) electrons. The van der Waals surface area contributed by atoms with E-state index in [4.69, 9.17) is 10.5 Å². The van der Waals surface area contributed by atoms with E-state index in [1.807, 2.05) is 19.1 Å². The lowest BCUT2D eigenvalue weighted by Gasteiger charge is -2.32. The predicted molar refractivity (Wildman–Crippen MR) is 103 cm³/mol. The summed E-state index contributed by atoms with van der Waals surface area (Å²) in [6.07, 6.45) is 1.17.